The molecule has 0 unspecified atom stereocenters. The molecule has 0 radical (unpaired) electrons. The van der Waals surface area contributed by atoms with E-state index in [4.69, 9.17) is 0 Å². The highest BCUT2D eigenvalue weighted by Gasteiger charge is 2.64. The highest BCUT2D eigenvalue weighted by molar-refractivity contribution is 6.05. The van der Waals surface area contributed by atoms with E-state index in [2.05, 4.69) is 0 Å². The first-order valence-electron chi connectivity index (χ1n) is 8.39. The highest BCUT2D eigenvalue weighted by atomic mass is 16.2. The first-order valence-corrected chi connectivity index (χ1v) is 8.39. The third-order valence-corrected chi connectivity index (χ3v) is 6.24. The molecule has 128 valence electrons. The number of para-hydroxylation sites is 1. The molecule has 2 atom stereocenters. The Morgan fingerprint density at radius 2 is 1.83 bits per heavy atom. The van der Waals surface area contributed by atoms with Crippen LogP contribution in [-0.4, -0.2) is 29.3 Å². The van der Waals surface area contributed by atoms with Crippen LogP contribution in [0.3, 0.4) is 0 Å². The maximum Gasteiger partial charge on any atom is 0.237 e. The van der Waals surface area contributed by atoms with Crippen LogP contribution in [0.1, 0.15) is 40.5 Å². The standard InChI is InChI=1S/C19H24N2O3/c1-13(22)20(14-8-6-5-7-9-14)12-21-16(23)15-10-11-19(4,17(21)24)18(15,2)3/h5-9,15H,10-12H2,1-4H3/t15-,19+/m0/s1. The summed E-state index contributed by atoms with van der Waals surface area (Å²) >= 11 is 0. The fraction of sp³-hybridized carbons (Fsp3) is 0.526. The Morgan fingerprint density at radius 1 is 1.21 bits per heavy atom. The number of likely N-dealkylation sites (tertiary alicyclic amines) is 1. The van der Waals surface area contributed by atoms with Gasteiger partial charge >= 0.3 is 0 Å². The van der Waals surface area contributed by atoms with Crippen molar-refractivity contribution >= 4 is 23.4 Å². The number of amides is 3. The lowest BCUT2D eigenvalue weighted by Crippen LogP contribution is -2.61. The predicted octanol–water partition coefficient (Wildman–Crippen LogP) is 2.81. The molecule has 0 N–H and O–H groups in total. The van der Waals surface area contributed by atoms with Gasteiger partial charge in [0.15, 0.2) is 0 Å². The van der Waals surface area contributed by atoms with Crippen LogP contribution in [0, 0.1) is 16.7 Å². The molecule has 2 bridgehead atoms. The van der Waals surface area contributed by atoms with Crippen LogP contribution in [0.5, 0.6) is 0 Å². The van der Waals surface area contributed by atoms with Crippen molar-refractivity contribution in [2.75, 3.05) is 11.6 Å². The van der Waals surface area contributed by atoms with E-state index in [0.29, 0.717) is 5.69 Å². The largest absolute Gasteiger partial charge is 0.294 e. The van der Waals surface area contributed by atoms with E-state index in [9.17, 15) is 14.4 Å². The third kappa shape index (κ3) is 2.18. The molecule has 0 spiro atoms. The van der Waals surface area contributed by atoms with Crippen LogP contribution in [0.4, 0.5) is 5.69 Å². The van der Waals surface area contributed by atoms with E-state index in [-0.39, 0.29) is 35.7 Å². The van der Waals surface area contributed by atoms with Crippen LogP contribution in [0.2, 0.25) is 0 Å². The Morgan fingerprint density at radius 3 is 2.42 bits per heavy atom. The number of carbonyl (C=O) groups excluding carboxylic acids is 3. The Bertz CT molecular complexity index is 698. The van der Waals surface area contributed by atoms with Crippen LogP contribution in [0.25, 0.3) is 0 Å². The van der Waals surface area contributed by atoms with Gasteiger partial charge in [0.05, 0.1) is 5.41 Å². The van der Waals surface area contributed by atoms with Gasteiger partial charge in [-0.2, -0.15) is 0 Å². The molecule has 1 saturated heterocycles. The fourth-order valence-electron chi connectivity index (χ4n) is 4.15. The van der Waals surface area contributed by atoms with Crippen LogP contribution >= 0.6 is 0 Å². The average Bonchev–Trinajstić information content (AvgIpc) is 2.72. The van der Waals surface area contributed by atoms with Gasteiger partial charge in [-0.3, -0.25) is 24.2 Å². The number of carbonyl (C=O) groups is 3. The molecule has 1 aromatic rings. The number of piperidine rings is 1. The van der Waals surface area contributed by atoms with Crippen LogP contribution < -0.4 is 4.90 Å². The number of rotatable bonds is 3. The summed E-state index contributed by atoms with van der Waals surface area (Å²) in [5, 5.41) is 0. The van der Waals surface area contributed by atoms with Crippen molar-refractivity contribution in [1.82, 2.24) is 4.90 Å². The lowest BCUT2D eigenvalue weighted by atomic mass is 9.62. The summed E-state index contributed by atoms with van der Waals surface area (Å²) in [7, 11) is 0. The second-order valence-corrected chi connectivity index (χ2v) is 7.64. The molecule has 24 heavy (non-hydrogen) atoms. The minimum absolute atomic E-state index is 0.0147. The van der Waals surface area contributed by atoms with Crippen molar-refractivity contribution in [3.8, 4) is 0 Å². The van der Waals surface area contributed by atoms with Gasteiger partial charge in [0.25, 0.3) is 0 Å². The number of nitrogens with zero attached hydrogens (tertiary/aromatic N) is 2. The van der Waals surface area contributed by atoms with Gasteiger partial charge < -0.3 is 0 Å². The van der Waals surface area contributed by atoms with E-state index in [1.165, 1.54) is 16.7 Å². The smallest absolute Gasteiger partial charge is 0.237 e. The molecule has 1 heterocycles. The van der Waals surface area contributed by atoms with Crippen molar-refractivity contribution in [2.45, 2.75) is 40.5 Å². The van der Waals surface area contributed by atoms with Crippen LogP contribution in [-0.2, 0) is 14.4 Å². The monoisotopic (exact) mass is 328 g/mol. The number of imide groups is 1. The molecule has 1 aliphatic carbocycles. The summed E-state index contributed by atoms with van der Waals surface area (Å²) in [5.41, 5.74) is -0.205. The summed E-state index contributed by atoms with van der Waals surface area (Å²) in [6.07, 6.45) is 1.45. The normalized spacial score (nSPS) is 28.2. The average molecular weight is 328 g/mol. The second-order valence-electron chi connectivity index (χ2n) is 7.64. The van der Waals surface area contributed by atoms with Crippen molar-refractivity contribution in [3.05, 3.63) is 30.3 Å². The minimum atomic E-state index is -0.551. The molecule has 3 amide bonds. The minimum Gasteiger partial charge on any atom is -0.294 e. The quantitative estimate of drug-likeness (QED) is 0.802. The first-order chi connectivity index (χ1) is 11.2. The van der Waals surface area contributed by atoms with Gasteiger partial charge in [0, 0.05) is 18.5 Å². The molecule has 1 aromatic carbocycles. The summed E-state index contributed by atoms with van der Waals surface area (Å²) < 4.78 is 0. The van der Waals surface area contributed by atoms with Crippen molar-refractivity contribution in [1.29, 1.82) is 0 Å². The molecule has 1 saturated carbocycles. The molecule has 5 nitrogen and oxygen atoms in total. The Kier molecular flexibility index (Phi) is 3.78. The molecular weight excluding hydrogens is 304 g/mol. The summed E-state index contributed by atoms with van der Waals surface area (Å²) in [5.74, 6) is -0.662. The topological polar surface area (TPSA) is 57.7 Å². The lowest BCUT2D eigenvalue weighted by molar-refractivity contribution is -0.167. The Hall–Kier alpha value is -2.17. The molecule has 3 rings (SSSR count). The summed E-state index contributed by atoms with van der Waals surface area (Å²) in [6.45, 7) is 7.41. The Balaban J connectivity index is 1.94. The van der Waals surface area contributed by atoms with Gasteiger partial charge in [0.2, 0.25) is 17.7 Å². The maximum absolute atomic E-state index is 13.1. The molecule has 2 aliphatic rings. The zero-order valence-electron chi connectivity index (χ0n) is 14.7. The van der Waals surface area contributed by atoms with Gasteiger partial charge in [-0.25, -0.2) is 0 Å². The summed E-state index contributed by atoms with van der Waals surface area (Å²) in [6, 6.07) is 9.14. The van der Waals surface area contributed by atoms with Crippen molar-refractivity contribution < 1.29 is 14.4 Å². The van der Waals surface area contributed by atoms with E-state index < -0.39 is 5.41 Å². The zero-order chi connectivity index (χ0) is 17.7. The molecule has 5 heteroatoms. The van der Waals surface area contributed by atoms with E-state index in [0.717, 1.165) is 12.8 Å². The van der Waals surface area contributed by atoms with E-state index >= 15 is 0 Å². The number of anilines is 1. The van der Waals surface area contributed by atoms with Gasteiger partial charge in [-0.1, -0.05) is 39.0 Å². The predicted molar refractivity (Wildman–Crippen MR) is 90.9 cm³/mol. The third-order valence-electron chi connectivity index (χ3n) is 6.24. The van der Waals surface area contributed by atoms with E-state index in [1.807, 2.05) is 39.0 Å². The first kappa shape index (κ1) is 16.7. The number of hydrogen-bond acceptors (Lipinski definition) is 3. The van der Waals surface area contributed by atoms with Crippen LogP contribution in [0.15, 0.2) is 30.3 Å². The van der Waals surface area contributed by atoms with Crippen molar-refractivity contribution in [3.63, 3.8) is 0 Å². The number of hydrogen-bond donors (Lipinski definition) is 0. The van der Waals surface area contributed by atoms with Crippen molar-refractivity contribution in [2.24, 2.45) is 16.7 Å². The maximum atomic E-state index is 13.1. The molecule has 1 aliphatic heterocycles. The molecule has 0 aromatic heterocycles. The van der Waals surface area contributed by atoms with Gasteiger partial charge in [-0.15, -0.1) is 0 Å². The zero-order valence-corrected chi connectivity index (χ0v) is 14.7. The SMILES string of the molecule is CC(=O)N(CN1C(=O)[C@@H]2CC[C@](C)(C1=O)C2(C)C)c1ccccc1. The second kappa shape index (κ2) is 5.43. The van der Waals surface area contributed by atoms with E-state index in [1.54, 1.807) is 12.1 Å². The summed E-state index contributed by atoms with van der Waals surface area (Å²) in [4.78, 5) is 40.9. The van der Waals surface area contributed by atoms with Gasteiger partial charge in [-0.05, 0) is 30.4 Å². The molecule has 2 fully saturated rings. The number of fused-ring (bicyclic) bond motifs is 2. The van der Waals surface area contributed by atoms with Gasteiger partial charge in [0.1, 0.15) is 6.67 Å². The fourth-order valence-corrected chi connectivity index (χ4v) is 4.15. The molecular formula is C19H24N2O3. The number of benzene rings is 1. The Labute approximate surface area is 142 Å². The highest BCUT2D eigenvalue weighted by Crippen LogP contribution is 2.60. The lowest BCUT2D eigenvalue weighted by Gasteiger charge is -2.48.